The van der Waals surface area contributed by atoms with Gasteiger partial charge < -0.3 is 4.90 Å². The largest absolute Gasteiger partial charge is 0.371 e. The lowest BCUT2D eigenvalue weighted by molar-refractivity contribution is 0.466. The Morgan fingerprint density at radius 1 is 1.16 bits per heavy atom. The first-order valence-corrected chi connectivity index (χ1v) is 9.95. The molecule has 1 fully saturated rings. The van der Waals surface area contributed by atoms with Crippen LogP contribution in [0, 0.1) is 5.82 Å². The van der Waals surface area contributed by atoms with Gasteiger partial charge in [0.05, 0.1) is 5.02 Å². The lowest BCUT2D eigenvalue weighted by Crippen LogP contribution is -2.28. The van der Waals surface area contributed by atoms with Gasteiger partial charge in [0.1, 0.15) is 10.7 Å². The Labute approximate surface area is 152 Å². The summed E-state index contributed by atoms with van der Waals surface area (Å²) < 4.78 is 40.1. The number of rotatable bonds is 5. The molecule has 1 aliphatic rings. The number of hydrogen-bond acceptors (Lipinski definition) is 3. The Kier molecular flexibility index (Phi) is 5.32. The van der Waals surface area contributed by atoms with Crippen molar-refractivity contribution in [2.24, 2.45) is 0 Å². The van der Waals surface area contributed by atoms with Gasteiger partial charge in [0.25, 0.3) is 0 Å². The molecule has 0 spiro atoms. The molecule has 0 aromatic heterocycles. The molecule has 7 heteroatoms. The van der Waals surface area contributed by atoms with Crippen molar-refractivity contribution in [3.63, 3.8) is 0 Å². The number of halogens is 2. The second-order valence-electron chi connectivity index (χ2n) is 6.16. The average Bonchev–Trinajstić information content (AvgIpc) is 3.09. The summed E-state index contributed by atoms with van der Waals surface area (Å²) in [6, 6.07) is 11.1. The van der Waals surface area contributed by atoms with Crippen molar-refractivity contribution < 1.29 is 12.8 Å². The van der Waals surface area contributed by atoms with E-state index in [2.05, 4.69) is 4.90 Å². The summed E-state index contributed by atoms with van der Waals surface area (Å²) in [5.41, 5.74) is 2.00. The van der Waals surface area contributed by atoms with E-state index in [9.17, 15) is 12.8 Å². The Morgan fingerprint density at radius 2 is 1.84 bits per heavy atom. The highest BCUT2D eigenvalue weighted by atomic mass is 35.5. The molecule has 1 saturated heterocycles. The van der Waals surface area contributed by atoms with Crippen molar-refractivity contribution in [1.29, 1.82) is 0 Å². The lowest BCUT2D eigenvalue weighted by Gasteiger charge is -2.24. The Bertz CT molecular complexity index is 867. The van der Waals surface area contributed by atoms with E-state index in [1.807, 2.05) is 24.3 Å². The van der Waals surface area contributed by atoms with Crippen LogP contribution < -0.4 is 4.90 Å². The van der Waals surface area contributed by atoms with Gasteiger partial charge in [0.15, 0.2) is 0 Å². The monoisotopic (exact) mass is 382 g/mol. The van der Waals surface area contributed by atoms with Crippen LogP contribution in [0.1, 0.15) is 18.4 Å². The molecule has 0 bridgehead atoms. The van der Waals surface area contributed by atoms with Gasteiger partial charge in [0.2, 0.25) is 10.0 Å². The molecular formula is C18H20ClFN2O2S. The highest BCUT2D eigenvalue weighted by molar-refractivity contribution is 7.89. The molecule has 0 N–H and O–H groups in total. The predicted molar refractivity (Wildman–Crippen MR) is 98.0 cm³/mol. The van der Waals surface area contributed by atoms with Crippen molar-refractivity contribution in [2.45, 2.75) is 24.3 Å². The fourth-order valence-electron chi connectivity index (χ4n) is 3.09. The second kappa shape index (κ2) is 7.32. The third kappa shape index (κ3) is 3.81. The first kappa shape index (κ1) is 18.2. The number of hydrogen-bond donors (Lipinski definition) is 0. The highest BCUT2D eigenvalue weighted by Gasteiger charge is 2.25. The lowest BCUT2D eigenvalue weighted by atomic mass is 10.1. The topological polar surface area (TPSA) is 40.6 Å². The standard InChI is InChI=1S/C18H20ClFN2O2S/c1-21(25(23,24)18-9-8-15(20)12-16(18)19)13-14-6-2-3-7-17(14)22-10-4-5-11-22/h2-3,6-9,12H,4-5,10-11,13H2,1H3. The molecule has 0 saturated carbocycles. The first-order valence-electron chi connectivity index (χ1n) is 8.14. The molecule has 0 aliphatic carbocycles. The van der Waals surface area contributed by atoms with Gasteiger partial charge >= 0.3 is 0 Å². The van der Waals surface area contributed by atoms with Gasteiger partial charge in [-0.25, -0.2) is 12.8 Å². The van der Waals surface area contributed by atoms with Crippen LogP contribution in [0.25, 0.3) is 0 Å². The SMILES string of the molecule is CN(Cc1ccccc1N1CCCC1)S(=O)(=O)c1ccc(F)cc1Cl. The van der Waals surface area contributed by atoms with Gasteiger partial charge in [-0.1, -0.05) is 29.8 Å². The number of nitrogens with zero attached hydrogens (tertiary/aromatic N) is 2. The van der Waals surface area contributed by atoms with Gasteiger partial charge in [-0.2, -0.15) is 4.31 Å². The summed E-state index contributed by atoms with van der Waals surface area (Å²) in [6.07, 6.45) is 2.29. The molecule has 0 atom stereocenters. The van der Waals surface area contributed by atoms with Crippen LogP contribution in [0.5, 0.6) is 0 Å². The van der Waals surface area contributed by atoms with Crippen LogP contribution in [0.2, 0.25) is 5.02 Å². The van der Waals surface area contributed by atoms with Gasteiger partial charge in [0, 0.05) is 32.4 Å². The van der Waals surface area contributed by atoms with E-state index >= 15 is 0 Å². The molecule has 2 aromatic carbocycles. The molecule has 0 radical (unpaired) electrons. The summed E-state index contributed by atoms with van der Waals surface area (Å²) in [7, 11) is -2.30. The fourth-order valence-corrected chi connectivity index (χ4v) is 4.74. The van der Waals surface area contributed by atoms with E-state index < -0.39 is 15.8 Å². The molecule has 0 amide bonds. The first-order chi connectivity index (χ1) is 11.9. The summed E-state index contributed by atoms with van der Waals surface area (Å²) in [5.74, 6) is -0.564. The number of benzene rings is 2. The van der Waals surface area contributed by atoms with Crippen LogP contribution in [0.4, 0.5) is 10.1 Å². The Balaban J connectivity index is 1.88. The molecule has 3 rings (SSSR count). The summed E-state index contributed by atoms with van der Waals surface area (Å²) >= 11 is 5.94. The minimum absolute atomic E-state index is 0.0864. The Hall–Kier alpha value is -1.63. The quantitative estimate of drug-likeness (QED) is 0.787. The highest BCUT2D eigenvalue weighted by Crippen LogP contribution is 2.29. The van der Waals surface area contributed by atoms with E-state index in [4.69, 9.17) is 11.6 Å². The zero-order valence-corrected chi connectivity index (χ0v) is 15.5. The van der Waals surface area contributed by atoms with Crippen LogP contribution in [0.3, 0.4) is 0 Å². The van der Waals surface area contributed by atoms with Gasteiger partial charge in [-0.3, -0.25) is 0 Å². The molecule has 1 heterocycles. The van der Waals surface area contributed by atoms with E-state index in [1.165, 1.54) is 17.4 Å². The number of sulfonamides is 1. The van der Waals surface area contributed by atoms with Crippen molar-refractivity contribution >= 4 is 27.3 Å². The predicted octanol–water partition coefficient (Wildman–Crippen LogP) is 3.90. The molecule has 0 unspecified atom stereocenters. The average molecular weight is 383 g/mol. The normalized spacial score (nSPS) is 15.1. The molecule has 1 aliphatic heterocycles. The van der Waals surface area contributed by atoms with Crippen LogP contribution >= 0.6 is 11.6 Å². The molecule has 4 nitrogen and oxygen atoms in total. The minimum atomic E-state index is -3.81. The molecular weight excluding hydrogens is 363 g/mol. The van der Waals surface area contributed by atoms with Crippen molar-refractivity contribution in [3.8, 4) is 0 Å². The maximum absolute atomic E-state index is 13.2. The van der Waals surface area contributed by atoms with Crippen molar-refractivity contribution in [3.05, 3.63) is 58.9 Å². The van der Waals surface area contributed by atoms with Gasteiger partial charge in [-0.15, -0.1) is 0 Å². The molecule has 2 aromatic rings. The summed E-state index contributed by atoms with van der Waals surface area (Å²) in [6.45, 7) is 2.19. The smallest absolute Gasteiger partial charge is 0.244 e. The number of para-hydroxylation sites is 1. The molecule has 25 heavy (non-hydrogen) atoms. The van der Waals surface area contributed by atoms with Crippen molar-refractivity contribution in [1.82, 2.24) is 4.31 Å². The summed E-state index contributed by atoms with van der Waals surface area (Å²) in [4.78, 5) is 2.19. The molecule has 134 valence electrons. The maximum Gasteiger partial charge on any atom is 0.244 e. The number of anilines is 1. The third-order valence-electron chi connectivity index (χ3n) is 4.41. The minimum Gasteiger partial charge on any atom is -0.371 e. The van der Waals surface area contributed by atoms with E-state index in [1.54, 1.807) is 0 Å². The van der Waals surface area contributed by atoms with Crippen LogP contribution in [0.15, 0.2) is 47.4 Å². The van der Waals surface area contributed by atoms with E-state index in [0.717, 1.165) is 49.3 Å². The zero-order chi connectivity index (χ0) is 18.0. The van der Waals surface area contributed by atoms with Crippen molar-refractivity contribution in [2.75, 3.05) is 25.0 Å². The van der Waals surface area contributed by atoms with E-state index in [-0.39, 0.29) is 16.5 Å². The zero-order valence-electron chi connectivity index (χ0n) is 14.0. The third-order valence-corrected chi connectivity index (χ3v) is 6.70. The van der Waals surface area contributed by atoms with E-state index in [0.29, 0.717) is 0 Å². The van der Waals surface area contributed by atoms with Crippen LogP contribution in [-0.2, 0) is 16.6 Å². The maximum atomic E-state index is 13.2. The second-order valence-corrected chi connectivity index (χ2v) is 8.58. The summed E-state index contributed by atoms with van der Waals surface area (Å²) in [5, 5.41) is -0.111. The van der Waals surface area contributed by atoms with Gasteiger partial charge in [-0.05, 0) is 42.7 Å². The van der Waals surface area contributed by atoms with Crippen LogP contribution in [-0.4, -0.2) is 32.9 Å². The fraction of sp³-hybridized carbons (Fsp3) is 0.333. The Morgan fingerprint density at radius 3 is 2.52 bits per heavy atom.